The quantitative estimate of drug-likeness (QED) is 0.599. The Morgan fingerprint density at radius 2 is 1.82 bits per heavy atom. The van der Waals surface area contributed by atoms with Crippen LogP contribution in [-0.2, 0) is 4.79 Å². The molecule has 17 heavy (non-hydrogen) atoms. The average Bonchev–Trinajstić information content (AvgIpc) is 2.21. The maximum atomic E-state index is 11.3. The Bertz CT molecular complexity index is 205. The molecule has 0 aliphatic carbocycles. The van der Waals surface area contributed by atoms with Crippen molar-refractivity contribution in [3.05, 3.63) is 0 Å². The molecule has 0 heterocycles. The number of nitrogens with one attached hydrogen (secondary N) is 2. The van der Waals surface area contributed by atoms with Gasteiger partial charge in [0, 0.05) is 12.1 Å². The zero-order valence-corrected chi connectivity index (χ0v) is 12.0. The highest BCUT2D eigenvalue weighted by Crippen LogP contribution is 1.97. The lowest BCUT2D eigenvalue weighted by Crippen LogP contribution is -2.38. The van der Waals surface area contributed by atoms with Crippen molar-refractivity contribution in [2.24, 2.45) is 0 Å². The summed E-state index contributed by atoms with van der Waals surface area (Å²) >= 11 is 0. The molecule has 0 bridgehead atoms. The lowest BCUT2D eigenvalue weighted by atomic mass is 10.2. The molecule has 0 atom stereocenters. The van der Waals surface area contributed by atoms with Gasteiger partial charge in [-0.25, -0.2) is 0 Å². The summed E-state index contributed by atoms with van der Waals surface area (Å²) in [6, 6.07) is 0.837. The van der Waals surface area contributed by atoms with E-state index in [1.165, 1.54) is 6.42 Å². The molecule has 0 spiro atoms. The summed E-state index contributed by atoms with van der Waals surface area (Å²) < 4.78 is 0. The van der Waals surface area contributed by atoms with Gasteiger partial charge < -0.3 is 15.5 Å². The molecular weight excluding hydrogens is 214 g/mol. The highest BCUT2D eigenvalue weighted by Gasteiger charge is 2.03. The van der Waals surface area contributed by atoms with Crippen molar-refractivity contribution in [3.8, 4) is 0 Å². The molecule has 1 amide bonds. The first kappa shape index (κ1) is 16.4. The van der Waals surface area contributed by atoms with Crippen LogP contribution in [0.3, 0.4) is 0 Å². The van der Waals surface area contributed by atoms with E-state index in [0.717, 1.165) is 19.5 Å². The van der Waals surface area contributed by atoms with Crippen LogP contribution in [0.4, 0.5) is 0 Å². The number of hydrogen-bond donors (Lipinski definition) is 2. The van der Waals surface area contributed by atoms with Crippen LogP contribution in [0, 0.1) is 0 Å². The van der Waals surface area contributed by atoms with E-state index < -0.39 is 0 Å². The van der Waals surface area contributed by atoms with Gasteiger partial charge in [-0.15, -0.1) is 0 Å². The van der Waals surface area contributed by atoms with Gasteiger partial charge in [0.1, 0.15) is 0 Å². The molecule has 0 unspecified atom stereocenters. The van der Waals surface area contributed by atoms with Crippen LogP contribution in [0.25, 0.3) is 0 Å². The second-order valence-corrected chi connectivity index (χ2v) is 5.18. The van der Waals surface area contributed by atoms with E-state index in [2.05, 4.69) is 36.4 Å². The van der Waals surface area contributed by atoms with Crippen LogP contribution >= 0.6 is 0 Å². The molecule has 0 aliphatic rings. The van der Waals surface area contributed by atoms with E-state index in [1.54, 1.807) is 0 Å². The lowest BCUT2D eigenvalue weighted by Gasteiger charge is -2.20. The lowest BCUT2D eigenvalue weighted by molar-refractivity contribution is -0.120. The molecule has 0 aromatic carbocycles. The average molecular weight is 243 g/mol. The largest absolute Gasteiger partial charge is 0.353 e. The molecule has 0 fully saturated rings. The van der Waals surface area contributed by atoms with Gasteiger partial charge >= 0.3 is 0 Å². The van der Waals surface area contributed by atoms with Crippen LogP contribution in [0.2, 0.25) is 0 Å². The van der Waals surface area contributed by atoms with Gasteiger partial charge in [-0.1, -0.05) is 0 Å². The Kier molecular flexibility index (Phi) is 9.09. The third-order valence-electron chi connectivity index (χ3n) is 2.73. The summed E-state index contributed by atoms with van der Waals surface area (Å²) in [6.07, 6.45) is 2.29. The summed E-state index contributed by atoms with van der Waals surface area (Å²) in [6.45, 7) is 10.8. The molecule has 0 saturated heterocycles. The second-order valence-electron chi connectivity index (χ2n) is 5.18. The van der Waals surface area contributed by atoms with Gasteiger partial charge in [-0.05, 0) is 60.7 Å². The molecule has 4 nitrogen and oxygen atoms in total. The van der Waals surface area contributed by atoms with E-state index in [4.69, 9.17) is 0 Å². The van der Waals surface area contributed by atoms with Crippen molar-refractivity contribution >= 4 is 5.91 Å². The Morgan fingerprint density at radius 1 is 1.18 bits per heavy atom. The number of hydrogen-bond acceptors (Lipinski definition) is 3. The number of unbranched alkanes of at least 4 members (excludes halogenated alkanes) is 1. The van der Waals surface area contributed by atoms with Gasteiger partial charge in [0.2, 0.25) is 5.91 Å². The topological polar surface area (TPSA) is 44.4 Å². The minimum Gasteiger partial charge on any atom is -0.353 e. The Balaban J connectivity index is 3.32. The van der Waals surface area contributed by atoms with Crippen molar-refractivity contribution in [2.45, 2.75) is 52.6 Å². The van der Waals surface area contributed by atoms with Crippen LogP contribution in [-0.4, -0.2) is 49.6 Å². The molecule has 0 radical (unpaired) electrons. The molecule has 0 aromatic heterocycles. The number of amides is 1. The first-order chi connectivity index (χ1) is 7.93. The summed E-state index contributed by atoms with van der Waals surface area (Å²) in [7, 11) is 2.15. The summed E-state index contributed by atoms with van der Waals surface area (Å²) in [5.74, 6) is 0.0827. The predicted octanol–water partition coefficient (Wildman–Crippen LogP) is 1.22. The minimum atomic E-state index is 0.0827. The number of nitrogens with zero attached hydrogens (tertiary/aromatic N) is 1. The molecule has 102 valence electrons. The molecular formula is C13H29N3O. The zero-order chi connectivity index (χ0) is 13.3. The highest BCUT2D eigenvalue weighted by atomic mass is 16.1. The zero-order valence-electron chi connectivity index (χ0n) is 12.0. The van der Waals surface area contributed by atoms with Crippen molar-refractivity contribution in [1.82, 2.24) is 15.5 Å². The monoisotopic (exact) mass is 243 g/mol. The van der Waals surface area contributed by atoms with E-state index in [1.807, 2.05) is 13.8 Å². The summed E-state index contributed by atoms with van der Waals surface area (Å²) in [5, 5.41) is 6.02. The van der Waals surface area contributed by atoms with Crippen molar-refractivity contribution in [2.75, 3.05) is 26.7 Å². The molecule has 0 aliphatic heterocycles. The molecule has 0 rings (SSSR count). The van der Waals surface area contributed by atoms with Crippen LogP contribution in [0.15, 0.2) is 0 Å². The fraction of sp³-hybridized carbons (Fsp3) is 0.923. The van der Waals surface area contributed by atoms with Gasteiger partial charge in [-0.2, -0.15) is 0 Å². The fourth-order valence-corrected chi connectivity index (χ4v) is 1.44. The maximum Gasteiger partial charge on any atom is 0.234 e. The molecule has 0 aromatic rings. The number of carbonyl (C=O) groups is 1. The van der Waals surface area contributed by atoms with E-state index >= 15 is 0 Å². The van der Waals surface area contributed by atoms with Gasteiger partial charge in [0.05, 0.1) is 6.54 Å². The standard InChI is InChI=1S/C13H29N3O/c1-11(2)15-13(17)10-14-8-6-7-9-16(5)12(3)4/h11-12,14H,6-10H2,1-5H3,(H,15,17). The van der Waals surface area contributed by atoms with Crippen LogP contribution < -0.4 is 10.6 Å². The predicted molar refractivity (Wildman–Crippen MR) is 73.1 cm³/mol. The van der Waals surface area contributed by atoms with Crippen molar-refractivity contribution in [1.29, 1.82) is 0 Å². The highest BCUT2D eigenvalue weighted by molar-refractivity contribution is 5.78. The number of rotatable bonds is 9. The first-order valence-corrected chi connectivity index (χ1v) is 6.63. The third-order valence-corrected chi connectivity index (χ3v) is 2.73. The summed E-state index contributed by atoms with van der Waals surface area (Å²) in [4.78, 5) is 13.6. The molecule has 0 saturated carbocycles. The van der Waals surface area contributed by atoms with Gasteiger partial charge in [-0.3, -0.25) is 4.79 Å². The van der Waals surface area contributed by atoms with E-state index in [0.29, 0.717) is 12.6 Å². The second kappa shape index (κ2) is 9.42. The maximum absolute atomic E-state index is 11.3. The fourth-order valence-electron chi connectivity index (χ4n) is 1.44. The number of carbonyl (C=O) groups excluding carboxylic acids is 1. The van der Waals surface area contributed by atoms with Gasteiger partial charge in [0.25, 0.3) is 0 Å². The third kappa shape index (κ3) is 10.3. The normalized spacial score (nSPS) is 11.5. The van der Waals surface area contributed by atoms with E-state index in [-0.39, 0.29) is 11.9 Å². The first-order valence-electron chi connectivity index (χ1n) is 6.63. The van der Waals surface area contributed by atoms with Crippen LogP contribution in [0.1, 0.15) is 40.5 Å². The SMILES string of the molecule is CC(C)NC(=O)CNCCCCN(C)C(C)C. The molecule has 2 N–H and O–H groups in total. The Labute approximate surface area is 106 Å². The summed E-state index contributed by atoms with van der Waals surface area (Å²) in [5.41, 5.74) is 0. The minimum absolute atomic E-state index is 0.0827. The van der Waals surface area contributed by atoms with Crippen molar-refractivity contribution in [3.63, 3.8) is 0 Å². The Morgan fingerprint density at radius 3 is 2.35 bits per heavy atom. The van der Waals surface area contributed by atoms with Crippen LogP contribution in [0.5, 0.6) is 0 Å². The molecule has 4 heteroatoms. The van der Waals surface area contributed by atoms with Gasteiger partial charge in [0.15, 0.2) is 0 Å². The van der Waals surface area contributed by atoms with E-state index in [9.17, 15) is 4.79 Å². The smallest absolute Gasteiger partial charge is 0.234 e. The van der Waals surface area contributed by atoms with Crippen molar-refractivity contribution < 1.29 is 4.79 Å². The Hall–Kier alpha value is -0.610.